The molecule has 0 saturated heterocycles. The SMILES string of the molecule is O=C(c1c(F)cccc1Br)N1CCCc2ccccc2C1. The van der Waals surface area contributed by atoms with Crippen LogP contribution in [0.3, 0.4) is 0 Å². The first kappa shape index (κ1) is 14.3. The Kier molecular flexibility index (Phi) is 4.06. The maximum atomic E-state index is 14.0. The smallest absolute Gasteiger partial charge is 0.258 e. The lowest BCUT2D eigenvalue weighted by Gasteiger charge is -2.22. The molecule has 108 valence electrons. The van der Waals surface area contributed by atoms with Crippen molar-refractivity contribution >= 4 is 21.8 Å². The predicted octanol–water partition coefficient (Wildman–Crippen LogP) is 4.18. The van der Waals surface area contributed by atoms with Crippen molar-refractivity contribution in [1.29, 1.82) is 0 Å². The van der Waals surface area contributed by atoms with E-state index < -0.39 is 5.82 Å². The largest absolute Gasteiger partial charge is 0.334 e. The van der Waals surface area contributed by atoms with Crippen LogP contribution >= 0.6 is 15.9 Å². The molecule has 2 nitrogen and oxygen atoms in total. The second kappa shape index (κ2) is 5.98. The molecule has 1 heterocycles. The second-order valence-electron chi connectivity index (χ2n) is 5.20. The summed E-state index contributed by atoms with van der Waals surface area (Å²) in [6.45, 7) is 1.18. The molecule has 3 rings (SSSR count). The number of amides is 1. The van der Waals surface area contributed by atoms with Gasteiger partial charge in [0.25, 0.3) is 5.91 Å². The van der Waals surface area contributed by atoms with Crippen LogP contribution in [0.25, 0.3) is 0 Å². The highest BCUT2D eigenvalue weighted by Crippen LogP contribution is 2.25. The zero-order valence-corrected chi connectivity index (χ0v) is 13.1. The standard InChI is InChI=1S/C17H15BrFNO/c18-14-8-3-9-15(19)16(14)17(21)20-10-4-7-12-5-1-2-6-13(12)11-20/h1-3,5-6,8-9H,4,7,10-11H2. The fourth-order valence-corrected chi connectivity index (χ4v) is 3.25. The maximum absolute atomic E-state index is 14.0. The van der Waals surface area contributed by atoms with Gasteiger partial charge in [-0.1, -0.05) is 30.3 Å². The highest BCUT2D eigenvalue weighted by Gasteiger charge is 2.24. The molecule has 1 aliphatic heterocycles. The Morgan fingerprint density at radius 1 is 1.10 bits per heavy atom. The molecule has 0 bridgehead atoms. The minimum atomic E-state index is -0.480. The van der Waals surface area contributed by atoms with Crippen LogP contribution in [-0.4, -0.2) is 17.4 Å². The van der Waals surface area contributed by atoms with Crippen LogP contribution in [0.2, 0.25) is 0 Å². The van der Waals surface area contributed by atoms with Crippen molar-refractivity contribution in [3.05, 3.63) is 69.4 Å². The lowest BCUT2D eigenvalue weighted by Crippen LogP contribution is -2.31. The topological polar surface area (TPSA) is 20.3 Å². The highest BCUT2D eigenvalue weighted by atomic mass is 79.9. The minimum absolute atomic E-state index is 0.122. The van der Waals surface area contributed by atoms with Gasteiger partial charge in [-0.25, -0.2) is 4.39 Å². The van der Waals surface area contributed by atoms with Gasteiger partial charge in [-0.2, -0.15) is 0 Å². The van der Waals surface area contributed by atoms with Gasteiger partial charge in [0.05, 0.1) is 5.56 Å². The van der Waals surface area contributed by atoms with E-state index in [0.29, 0.717) is 17.6 Å². The van der Waals surface area contributed by atoms with Crippen molar-refractivity contribution in [2.45, 2.75) is 19.4 Å². The van der Waals surface area contributed by atoms with Crippen molar-refractivity contribution in [3.63, 3.8) is 0 Å². The summed E-state index contributed by atoms with van der Waals surface area (Å²) in [7, 11) is 0. The van der Waals surface area contributed by atoms with E-state index in [-0.39, 0.29) is 11.5 Å². The third-order valence-corrected chi connectivity index (χ3v) is 4.48. The number of hydrogen-bond acceptors (Lipinski definition) is 1. The van der Waals surface area contributed by atoms with E-state index in [2.05, 4.69) is 22.0 Å². The Morgan fingerprint density at radius 3 is 2.62 bits per heavy atom. The van der Waals surface area contributed by atoms with Crippen molar-refractivity contribution in [2.24, 2.45) is 0 Å². The quantitative estimate of drug-likeness (QED) is 0.757. The molecule has 2 aromatic rings. The van der Waals surface area contributed by atoms with Gasteiger partial charge < -0.3 is 4.90 Å². The average molecular weight is 348 g/mol. The molecule has 21 heavy (non-hydrogen) atoms. The van der Waals surface area contributed by atoms with Crippen molar-refractivity contribution < 1.29 is 9.18 Å². The summed E-state index contributed by atoms with van der Waals surface area (Å²) in [5.74, 6) is -0.733. The van der Waals surface area contributed by atoms with E-state index in [4.69, 9.17) is 0 Å². The Balaban J connectivity index is 1.92. The predicted molar refractivity (Wildman–Crippen MR) is 83.6 cm³/mol. The molecule has 0 spiro atoms. The van der Waals surface area contributed by atoms with Gasteiger partial charge in [-0.05, 0) is 52.0 Å². The number of nitrogens with zero attached hydrogens (tertiary/aromatic N) is 1. The number of carbonyl (C=O) groups excluding carboxylic acids is 1. The fourth-order valence-electron chi connectivity index (χ4n) is 2.73. The van der Waals surface area contributed by atoms with Crippen LogP contribution in [0, 0.1) is 5.82 Å². The highest BCUT2D eigenvalue weighted by molar-refractivity contribution is 9.10. The van der Waals surface area contributed by atoms with Crippen LogP contribution in [-0.2, 0) is 13.0 Å². The van der Waals surface area contributed by atoms with Crippen molar-refractivity contribution in [1.82, 2.24) is 4.90 Å². The molecule has 0 fully saturated rings. The normalized spacial score (nSPS) is 14.5. The maximum Gasteiger partial charge on any atom is 0.258 e. The third-order valence-electron chi connectivity index (χ3n) is 3.82. The van der Waals surface area contributed by atoms with Gasteiger partial charge in [0.15, 0.2) is 0 Å². The Bertz CT molecular complexity index is 666. The molecule has 0 atom stereocenters. The molecule has 4 heteroatoms. The van der Waals surface area contributed by atoms with Crippen LogP contribution in [0.5, 0.6) is 0 Å². The van der Waals surface area contributed by atoms with Gasteiger partial charge >= 0.3 is 0 Å². The molecule has 1 amide bonds. The van der Waals surface area contributed by atoms with E-state index in [9.17, 15) is 9.18 Å². The van der Waals surface area contributed by atoms with E-state index in [1.807, 2.05) is 18.2 Å². The summed E-state index contributed by atoms with van der Waals surface area (Å²) < 4.78 is 14.5. The lowest BCUT2D eigenvalue weighted by molar-refractivity contribution is 0.0740. The molecule has 0 saturated carbocycles. The van der Waals surface area contributed by atoms with Gasteiger partial charge in [0.2, 0.25) is 0 Å². The summed E-state index contributed by atoms with van der Waals surface area (Å²) in [6, 6.07) is 12.7. The van der Waals surface area contributed by atoms with Gasteiger partial charge in [-0.15, -0.1) is 0 Å². The van der Waals surface area contributed by atoms with E-state index in [0.717, 1.165) is 18.4 Å². The first-order valence-electron chi connectivity index (χ1n) is 6.97. The summed E-state index contributed by atoms with van der Waals surface area (Å²) in [6.07, 6.45) is 1.85. The van der Waals surface area contributed by atoms with Gasteiger partial charge in [-0.3, -0.25) is 4.79 Å². The van der Waals surface area contributed by atoms with Crippen LogP contribution < -0.4 is 0 Å². The van der Waals surface area contributed by atoms with Gasteiger partial charge in [0.1, 0.15) is 5.82 Å². The van der Waals surface area contributed by atoms with E-state index in [1.54, 1.807) is 17.0 Å². The van der Waals surface area contributed by atoms with Crippen LogP contribution in [0.15, 0.2) is 46.9 Å². The minimum Gasteiger partial charge on any atom is -0.334 e. The molecule has 0 unspecified atom stereocenters. The summed E-state index contributed by atoms with van der Waals surface area (Å²) in [5.41, 5.74) is 2.55. The number of fused-ring (bicyclic) bond motifs is 1. The lowest BCUT2D eigenvalue weighted by atomic mass is 10.0. The summed E-state index contributed by atoms with van der Waals surface area (Å²) >= 11 is 3.28. The van der Waals surface area contributed by atoms with Crippen LogP contribution in [0.4, 0.5) is 4.39 Å². The molecule has 0 aromatic heterocycles. The van der Waals surface area contributed by atoms with Gasteiger partial charge in [0, 0.05) is 17.6 Å². The molecular formula is C17H15BrFNO. The Labute approximate surface area is 131 Å². The zero-order chi connectivity index (χ0) is 14.8. The number of hydrogen-bond donors (Lipinski definition) is 0. The molecule has 0 aliphatic carbocycles. The molecule has 2 aromatic carbocycles. The summed E-state index contributed by atoms with van der Waals surface area (Å²) in [4.78, 5) is 14.4. The van der Waals surface area contributed by atoms with E-state index >= 15 is 0 Å². The van der Waals surface area contributed by atoms with Crippen LogP contribution in [0.1, 0.15) is 27.9 Å². The number of aryl methyl sites for hydroxylation is 1. The van der Waals surface area contributed by atoms with Crippen molar-refractivity contribution in [2.75, 3.05) is 6.54 Å². The molecule has 1 aliphatic rings. The third kappa shape index (κ3) is 2.86. The number of halogens is 2. The second-order valence-corrected chi connectivity index (χ2v) is 6.05. The summed E-state index contributed by atoms with van der Waals surface area (Å²) in [5, 5.41) is 0. The Hall–Kier alpha value is -1.68. The first-order chi connectivity index (χ1) is 10.2. The average Bonchev–Trinajstić information content (AvgIpc) is 2.69. The zero-order valence-electron chi connectivity index (χ0n) is 11.5. The number of rotatable bonds is 1. The number of carbonyl (C=O) groups is 1. The monoisotopic (exact) mass is 347 g/mol. The van der Waals surface area contributed by atoms with Crippen molar-refractivity contribution in [3.8, 4) is 0 Å². The first-order valence-corrected chi connectivity index (χ1v) is 7.76. The molecule has 0 radical (unpaired) electrons. The number of benzene rings is 2. The molecule has 0 N–H and O–H groups in total. The molecular weight excluding hydrogens is 333 g/mol. The van der Waals surface area contributed by atoms with E-state index in [1.165, 1.54) is 11.6 Å². The fraction of sp³-hybridized carbons (Fsp3) is 0.235. The Morgan fingerprint density at radius 2 is 1.86 bits per heavy atom.